The molecular formula is C13H24N2O3. The van der Waals surface area contributed by atoms with Gasteiger partial charge < -0.3 is 15.3 Å². The number of hydrogen-bond donors (Lipinski definition) is 2. The van der Waals surface area contributed by atoms with E-state index in [9.17, 15) is 14.7 Å². The summed E-state index contributed by atoms with van der Waals surface area (Å²) in [6, 6.07) is -0.0995. The van der Waals surface area contributed by atoms with Gasteiger partial charge in [0.2, 0.25) is 0 Å². The Morgan fingerprint density at radius 2 is 1.78 bits per heavy atom. The fourth-order valence-electron chi connectivity index (χ4n) is 2.26. The van der Waals surface area contributed by atoms with Crippen molar-refractivity contribution in [3.8, 4) is 0 Å². The van der Waals surface area contributed by atoms with E-state index in [0.29, 0.717) is 32.4 Å². The number of nitrogens with one attached hydrogen (secondary N) is 1. The molecule has 0 unspecified atom stereocenters. The zero-order valence-electron chi connectivity index (χ0n) is 11.7. The van der Waals surface area contributed by atoms with Crippen molar-refractivity contribution in [1.29, 1.82) is 0 Å². The van der Waals surface area contributed by atoms with E-state index < -0.39 is 11.4 Å². The van der Waals surface area contributed by atoms with Gasteiger partial charge in [0.1, 0.15) is 0 Å². The van der Waals surface area contributed by atoms with E-state index in [1.165, 1.54) is 0 Å². The first-order valence-corrected chi connectivity index (χ1v) is 6.51. The molecule has 1 fully saturated rings. The van der Waals surface area contributed by atoms with Gasteiger partial charge in [-0.25, -0.2) is 4.79 Å². The van der Waals surface area contributed by atoms with Crippen molar-refractivity contribution >= 4 is 12.0 Å². The van der Waals surface area contributed by atoms with Crippen LogP contribution >= 0.6 is 0 Å². The standard InChI is InChI=1S/C13H24N2O3/c1-5-13(10(16)17)6-8-15(9-7-13)11(18)14-12(2,3)4/h5-9H2,1-4H3,(H,14,18)(H,16,17). The number of likely N-dealkylation sites (tertiary alicyclic amines) is 1. The molecule has 1 aliphatic rings. The highest BCUT2D eigenvalue weighted by molar-refractivity contribution is 5.77. The molecule has 18 heavy (non-hydrogen) atoms. The topological polar surface area (TPSA) is 69.6 Å². The van der Waals surface area contributed by atoms with Gasteiger partial charge in [-0.3, -0.25) is 4.79 Å². The largest absolute Gasteiger partial charge is 0.481 e. The van der Waals surface area contributed by atoms with Crippen molar-refractivity contribution in [3.63, 3.8) is 0 Å². The summed E-state index contributed by atoms with van der Waals surface area (Å²) in [6.45, 7) is 8.73. The minimum absolute atomic E-state index is 0.0995. The van der Waals surface area contributed by atoms with Gasteiger partial charge >= 0.3 is 12.0 Å². The molecule has 1 saturated heterocycles. The summed E-state index contributed by atoms with van der Waals surface area (Å²) >= 11 is 0. The molecule has 0 aromatic carbocycles. The number of carbonyl (C=O) groups is 2. The molecule has 1 rings (SSSR count). The normalized spacial score (nSPS) is 19.4. The van der Waals surface area contributed by atoms with Gasteiger partial charge in [-0.15, -0.1) is 0 Å². The van der Waals surface area contributed by atoms with E-state index >= 15 is 0 Å². The third-order valence-electron chi connectivity index (χ3n) is 3.62. The number of carbonyl (C=O) groups excluding carboxylic acids is 1. The van der Waals surface area contributed by atoms with E-state index in [2.05, 4.69) is 5.32 Å². The number of carboxylic acid groups (broad SMARTS) is 1. The van der Waals surface area contributed by atoms with E-state index in [1.807, 2.05) is 27.7 Å². The van der Waals surface area contributed by atoms with E-state index in [1.54, 1.807) is 4.90 Å². The molecule has 0 saturated carbocycles. The molecule has 104 valence electrons. The van der Waals surface area contributed by atoms with Crippen LogP contribution in [-0.4, -0.2) is 40.6 Å². The van der Waals surface area contributed by atoms with Crippen molar-refractivity contribution in [2.45, 2.75) is 52.5 Å². The second kappa shape index (κ2) is 5.16. The second-order valence-electron chi connectivity index (χ2n) is 6.11. The maximum absolute atomic E-state index is 12.0. The molecule has 5 nitrogen and oxygen atoms in total. The number of piperidine rings is 1. The molecule has 5 heteroatoms. The van der Waals surface area contributed by atoms with Crippen LogP contribution in [0.2, 0.25) is 0 Å². The van der Waals surface area contributed by atoms with Gasteiger partial charge in [0, 0.05) is 18.6 Å². The summed E-state index contributed by atoms with van der Waals surface area (Å²) in [7, 11) is 0. The quantitative estimate of drug-likeness (QED) is 0.794. The first kappa shape index (κ1) is 14.8. The number of hydrogen-bond acceptors (Lipinski definition) is 2. The van der Waals surface area contributed by atoms with Crippen LogP contribution in [0.3, 0.4) is 0 Å². The maximum Gasteiger partial charge on any atom is 0.317 e. The highest BCUT2D eigenvalue weighted by atomic mass is 16.4. The summed E-state index contributed by atoms with van der Waals surface area (Å²) < 4.78 is 0. The zero-order valence-corrected chi connectivity index (χ0v) is 11.7. The third kappa shape index (κ3) is 3.37. The number of urea groups is 1. The minimum Gasteiger partial charge on any atom is -0.481 e. The van der Waals surface area contributed by atoms with E-state index in [0.717, 1.165) is 0 Å². The predicted octanol–water partition coefficient (Wildman–Crippen LogP) is 2.07. The summed E-state index contributed by atoms with van der Waals surface area (Å²) in [5.74, 6) is -0.735. The SMILES string of the molecule is CCC1(C(=O)O)CCN(C(=O)NC(C)(C)C)CC1. The Morgan fingerprint density at radius 3 is 2.11 bits per heavy atom. The molecule has 0 aliphatic carbocycles. The molecule has 0 atom stereocenters. The van der Waals surface area contributed by atoms with Crippen LogP contribution in [0, 0.1) is 5.41 Å². The Morgan fingerprint density at radius 1 is 1.28 bits per heavy atom. The van der Waals surface area contributed by atoms with Crippen LogP contribution in [0.5, 0.6) is 0 Å². The molecule has 1 heterocycles. The lowest BCUT2D eigenvalue weighted by atomic mass is 9.76. The van der Waals surface area contributed by atoms with Gasteiger partial charge in [0.15, 0.2) is 0 Å². The van der Waals surface area contributed by atoms with Crippen molar-refractivity contribution in [3.05, 3.63) is 0 Å². The number of nitrogens with zero attached hydrogens (tertiary/aromatic N) is 1. The molecule has 2 N–H and O–H groups in total. The lowest BCUT2D eigenvalue weighted by Gasteiger charge is -2.39. The van der Waals surface area contributed by atoms with Crippen LogP contribution in [0.4, 0.5) is 4.79 Å². The number of amides is 2. The Bertz CT molecular complexity index is 326. The molecular weight excluding hydrogens is 232 g/mol. The first-order valence-electron chi connectivity index (χ1n) is 6.51. The maximum atomic E-state index is 12.0. The van der Waals surface area contributed by atoms with E-state index in [4.69, 9.17) is 0 Å². The Balaban J connectivity index is 2.58. The summed E-state index contributed by atoms with van der Waals surface area (Å²) in [5, 5.41) is 12.2. The van der Waals surface area contributed by atoms with Gasteiger partial charge in [0.05, 0.1) is 5.41 Å². The Hall–Kier alpha value is -1.26. The Labute approximate surface area is 109 Å². The van der Waals surface area contributed by atoms with Crippen LogP contribution in [-0.2, 0) is 4.79 Å². The third-order valence-corrected chi connectivity index (χ3v) is 3.62. The number of carboxylic acids is 1. The van der Waals surface area contributed by atoms with Crippen LogP contribution in [0.25, 0.3) is 0 Å². The average molecular weight is 256 g/mol. The summed E-state index contributed by atoms with van der Waals surface area (Å²) in [4.78, 5) is 25.0. The second-order valence-corrected chi connectivity index (χ2v) is 6.11. The van der Waals surface area contributed by atoms with Gasteiger partial charge in [-0.2, -0.15) is 0 Å². The summed E-state index contributed by atoms with van der Waals surface area (Å²) in [5.41, 5.74) is -0.901. The molecule has 2 amide bonds. The van der Waals surface area contributed by atoms with Crippen LogP contribution in [0.1, 0.15) is 47.0 Å². The van der Waals surface area contributed by atoms with Crippen molar-refractivity contribution in [2.24, 2.45) is 5.41 Å². The highest BCUT2D eigenvalue weighted by Gasteiger charge is 2.41. The molecule has 1 aliphatic heterocycles. The van der Waals surface area contributed by atoms with Gasteiger partial charge in [0.25, 0.3) is 0 Å². The summed E-state index contributed by atoms with van der Waals surface area (Å²) in [6.07, 6.45) is 1.70. The van der Waals surface area contributed by atoms with Crippen molar-refractivity contribution in [2.75, 3.05) is 13.1 Å². The lowest BCUT2D eigenvalue weighted by Crippen LogP contribution is -2.53. The molecule has 0 spiro atoms. The molecule has 0 aromatic rings. The van der Waals surface area contributed by atoms with Crippen LogP contribution in [0.15, 0.2) is 0 Å². The predicted molar refractivity (Wildman–Crippen MR) is 69.5 cm³/mol. The minimum atomic E-state index is -0.735. The monoisotopic (exact) mass is 256 g/mol. The first-order chi connectivity index (χ1) is 8.20. The fraction of sp³-hybridized carbons (Fsp3) is 0.846. The molecule has 0 bridgehead atoms. The smallest absolute Gasteiger partial charge is 0.317 e. The number of aliphatic carboxylic acids is 1. The lowest BCUT2D eigenvalue weighted by molar-refractivity contribution is -0.152. The van der Waals surface area contributed by atoms with Crippen molar-refractivity contribution in [1.82, 2.24) is 10.2 Å². The van der Waals surface area contributed by atoms with Crippen LogP contribution < -0.4 is 5.32 Å². The Kier molecular flexibility index (Phi) is 4.24. The van der Waals surface area contributed by atoms with E-state index in [-0.39, 0.29) is 11.6 Å². The fourth-order valence-corrected chi connectivity index (χ4v) is 2.26. The molecule has 0 radical (unpaired) electrons. The van der Waals surface area contributed by atoms with Gasteiger partial charge in [-0.05, 0) is 40.0 Å². The zero-order chi connectivity index (χ0) is 14.0. The van der Waals surface area contributed by atoms with Gasteiger partial charge in [-0.1, -0.05) is 6.92 Å². The average Bonchev–Trinajstić information content (AvgIpc) is 2.26. The highest BCUT2D eigenvalue weighted by Crippen LogP contribution is 2.35. The molecule has 0 aromatic heterocycles. The number of rotatable bonds is 2. The van der Waals surface area contributed by atoms with Crippen molar-refractivity contribution < 1.29 is 14.7 Å².